The molecule has 5 nitrogen and oxygen atoms in total. The van der Waals surface area contributed by atoms with Gasteiger partial charge in [-0.3, -0.25) is 4.79 Å². The highest BCUT2D eigenvalue weighted by molar-refractivity contribution is 6.00. The minimum atomic E-state index is -0.541. The maximum Gasteiger partial charge on any atom is 0.254 e. The van der Waals surface area contributed by atoms with Crippen LogP contribution in [0.25, 0.3) is 11.3 Å². The van der Waals surface area contributed by atoms with Gasteiger partial charge in [0, 0.05) is 30.4 Å². The Kier molecular flexibility index (Phi) is 5.53. The lowest BCUT2D eigenvalue weighted by Gasteiger charge is -2.37. The number of nitriles is 1. The number of halogens is 1. The van der Waals surface area contributed by atoms with E-state index >= 15 is 0 Å². The van der Waals surface area contributed by atoms with Crippen LogP contribution in [-0.4, -0.2) is 33.9 Å². The van der Waals surface area contributed by atoms with Crippen LogP contribution in [0.4, 0.5) is 4.39 Å². The molecule has 1 fully saturated rings. The van der Waals surface area contributed by atoms with E-state index in [4.69, 9.17) is 0 Å². The number of benzene rings is 2. The molecule has 0 bridgehead atoms. The lowest BCUT2D eigenvalue weighted by molar-refractivity contribution is 0.0648. The Morgan fingerprint density at radius 1 is 1.10 bits per heavy atom. The van der Waals surface area contributed by atoms with Crippen molar-refractivity contribution in [3.8, 4) is 17.3 Å². The summed E-state index contributed by atoms with van der Waals surface area (Å²) in [5, 5.41) is 9.85. The van der Waals surface area contributed by atoms with Crippen molar-refractivity contribution < 1.29 is 9.18 Å². The zero-order chi connectivity index (χ0) is 21.0. The molecule has 1 aromatic heterocycles. The minimum absolute atomic E-state index is 0.0578. The Morgan fingerprint density at radius 2 is 1.83 bits per heavy atom. The quantitative estimate of drug-likeness (QED) is 0.656. The zero-order valence-corrected chi connectivity index (χ0v) is 16.5. The van der Waals surface area contributed by atoms with Gasteiger partial charge in [0.05, 0.1) is 17.2 Å². The summed E-state index contributed by atoms with van der Waals surface area (Å²) in [6, 6.07) is 18.0. The molecule has 0 saturated carbocycles. The second kappa shape index (κ2) is 8.42. The standard InChI is InChI=1S/C24H21FN4O/c25-19-7-5-18(6-8-19)15-24(16-26)10-13-29(14-11-24)23(30)21-4-2-1-3-20(21)22-9-12-27-17-28-22/h1-9,12,17H,10-11,13-15H2. The molecular weight excluding hydrogens is 379 g/mol. The maximum atomic E-state index is 13.2. The number of hydrogen-bond donors (Lipinski definition) is 0. The predicted octanol–water partition coefficient (Wildman–Crippen LogP) is 4.27. The molecule has 1 amide bonds. The number of likely N-dealkylation sites (tertiary alicyclic amines) is 1. The van der Waals surface area contributed by atoms with E-state index in [9.17, 15) is 14.4 Å². The van der Waals surface area contributed by atoms with Gasteiger partial charge in [-0.1, -0.05) is 30.3 Å². The Hall–Kier alpha value is -3.59. The van der Waals surface area contributed by atoms with E-state index in [0.29, 0.717) is 43.6 Å². The lowest BCUT2D eigenvalue weighted by Crippen LogP contribution is -2.43. The summed E-state index contributed by atoms with van der Waals surface area (Å²) in [7, 11) is 0. The molecule has 0 N–H and O–H groups in total. The molecule has 150 valence electrons. The van der Waals surface area contributed by atoms with Crippen LogP contribution in [-0.2, 0) is 6.42 Å². The largest absolute Gasteiger partial charge is 0.339 e. The molecule has 1 aliphatic heterocycles. The first-order chi connectivity index (χ1) is 14.6. The van der Waals surface area contributed by atoms with Crippen molar-refractivity contribution in [3.63, 3.8) is 0 Å². The van der Waals surface area contributed by atoms with E-state index in [-0.39, 0.29) is 11.7 Å². The second-order valence-corrected chi connectivity index (χ2v) is 7.63. The Balaban J connectivity index is 1.50. The third kappa shape index (κ3) is 4.06. The van der Waals surface area contributed by atoms with Crippen LogP contribution < -0.4 is 0 Å². The van der Waals surface area contributed by atoms with Crippen molar-refractivity contribution in [2.24, 2.45) is 5.41 Å². The first kappa shape index (κ1) is 19.7. The SMILES string of the molecule is N#CC1(Cc2ccc(F)cc2)CCN(C(=O)c2ccccc2-c2ccncn2)CC1. The van der Waals surface area contributed by atoms with Gasteiger partial charge in [-0.2, -0.15) is 5.26 Å². The third-order valence-electron chi connectivity index (χ3n) is 5.72. The van der Waals surface area contributed by atoms with Crippen LogP contribution in [0.1, 0.15) is 28.8 Å². The molecule has 4 rings (SSSR count). The summed E-state index contributed by atoms with van der Waals surface area (Å²) in [6.07, 6.45) is 4.85. The average molecular weight is 400 g/mol. The molecule has 2 heterocycles. The lowest BCUT2D eigenvalue weighted by atomic mass is 9.75. The van der Waals surface area contributed by atoms with Crippen molar-refractivity contribution in [3.05, 3.63) is 84.1 Å². The Labute approximate surface area is 174 Å². The normalized spacial score (nSPS) is 15.4. The number of aromatic nitrogens is 2. The van der Waals surface area contributed by atoms with Crippen LogP contribution >= 0.6 is 0 Å². The molecule has 0 unspecified atom stereocenters. The topological polar surface area (TPSA) is 69.9 Å². The molecule has 0 atom stereocenters. The van der Waals surface area contributed by atoms with E-state index in [1.165, 1.54) is 18.5 Å². The van der Waals surface area contributed by atoms with Gasteiger partial charge < -0.3 is 4.90 Å². The third-order valence-corrected chi connectivity index (χ3v) is 5.72. The number of piperidine rings is 1. The van der Waals surface area contributed by atoms with Crippen molar-refractivity contribution in [2.75, 3.05) is 13.1 Å². The van der Waals surface area contributed by atoms with Gasteiger partial charge in [-0.15, -0.1) is 0 Å². The second-order valence-electron chi connectivity index (χ2n) is 7.63. The van der Waals surface area contributed by atoms with Gasteiger partial charge in [0.25, 0.3) is 5.91 Å². The number of carbonyl (C=O) groups is 1. The fourth-order valence-electron chi connectivity index (χ4n) is 3.97. The summed E-state index contributed by atoms with van der Waals surface area (Å²) in [4.78, 5) is 23.3. The highest BCUT2D eigenvalue weighted by atomic mass is 19.1. The molecule has 6 heteroatoms. The average Bonchev–Trinajstić information content (AvgIpc) is 2.81. The van der Waals surface area contributed by atoms with Gasteiger partial charge in [-0.05, 0) is 49.1 Å². The van der Waals surface area contributed by atoms with Gasteiger partial charge in [0.2, 0.25) is 0 Å². The number of rotatable bonds is 4. The van der Waals surface area contributed by atoms with E-state index in [0.717, 1.165) is 11.1 Å². The minimum Gasteiger partial charge on any atom is -0.339 e. The number of amides is 1. The molecule has 0 spiro atoms. The number of hydrogen-bond acceptors (Lipinski definition) is 4. The highest BCUT2D eigenvalue weighted by Crippen LogP contribution is 2.35. The van der Waals surface area contributed by atoms with Gasteiger partial charge in [0.1, 0.15) is 12.1 Å². The summed E-state index contributed by atoms with van der Waals surface area (Å²) in [5.41, 5.74) is 2.47. The van der Waals surface area contributed by atoms with Crippen molar-refractivity contribution in [1.29, 1.82) is 5.26 Å². The first-order valence-electron chi connectivity index (χ1n) is 9.91. The molecule has 2 aromatic carbocycles. The molecule has 30 heavy (non-hydrogen) atoms. The van der Waals surface area contributed by atoms with Crippen LogP contribution in [0.3, 0.4) is 0 Å². The Bertz CT molecular complexity index is 1070. The number of carbonyl (C=O) groups excluding carboxylic acids is 1. The molecule has 1 saturated heterocycles. The van der Waals surface area contributed by atoms with Crippen molar-refractivity contribution >= 4 is 5.91 Å². The van der Waals surface area contributed by atoms with Crippen LogP contribution in [0.2, 0.25) is 0 Å². The predicted molar refractivity (Wildman–Crippen MR) is 111 cm³/mol. The van der Waals surface area contributed by atoms with Crippen LogP contribution in [0.5, 0.6) is 0 Å². The highest BCUT2D eigenvalue weighted by Gasteiger charge is 2.36. The van der Waals surface area contributed by atoms with Crippen molar-refractivity contribution in [1.82, 2.24) is 14.9 Å². The summed E-state index contributed by atoms with van der Waals surface area (Å²) in [5.74, 6) is -0.343. The van der Waals surface area contributed by atoms with Crippen molar-refractivity contribution in [2.45, 2.75) is 19.3 Å². The fourth-order valence-corrected chi connectivity index (χ4v) is 3.97. The number of nitrogens with zero attached hydrogens (tertiary/aromatic N) is 4. The molecule has 0 radical (unpaired) electrons. The van der Waals surface area contributed by atoms with Crippen LogP contribution in [0.15, 0.2) is 67.1 Å². The fraction of sp³-hybridized carbons (Fsp3) is 0.250. The molecule has 3 aromatic rings. The zero-order valence-electron chi connectivity index (χ0n) is 16.5. The summed E-state index contributed by atoms with van der Waals surface area (Å²) in [6.45, 7) is 1.01. The summed E-state index contributed by atoms with van der Waals surface area (Å²) >= 11 is 0. The van der Waals surface area contributed by atoms with E-state index in [1.54, 1.807) is 29.3 Å². The van der Waals surface area contributed by atoms with Gasteiger partial charge in [-0.25, -0.2) is 14.4 Å². The van der Waals surface area contributed by atoms with Gasteiger partial charge >= 0.3 is 0 Å². The van der Waals surface area contributed by atoms with Crippen LogP contribution in [0, 0.1) is 22.6 Å². The van der Waals surface area contributed by atoms with E-state index < -0.39 is 5.41 Å². The van der Waals surface area contributed by atoms with E-state index in [2.05, 4.69) is 16.0 Å². The smallest absolute Gasteiger partial charge is 0.254 e. The molecular formula is C24H21FN4O. The summed E-state index contributed by atoms with van der Waals surface area (Å²) < 4.78 is 13.2. The van der Waals surface area contributed by atoms with E-state index in [1.807, 2.05) is 24.3 Å². The van der Waals surface area contributed by atoms with Gasteiger partial charge in [0.15, 0.2) is 0 Å². The Morgan fingerprint density at radius 3 is 2.50 bits per heavy atom. The molecule has 1 aliphatic rings. The first-order valence-corrected chi connectivity index (χ1v) is 9.91. The monoisotopic (exact) mass is 400 g/mol. The molecule has 0 aliphatic carbocycles. The maximum absolute atomic E-state index is 13.2.